The van der Waals surface area contributed by atoms with Crippen molar-refractivity contribution in [1.29, 1.82) is 0 Å². The molecule has 0 bridgehead atoms. The lowest BCUT2D eigenvalue weighted by Crippen LogP contribution is -2.20. The second-order valence-corrected chi connectivity index (χ2v) is 9.97. The smallest absolute Gasteiger partial charge is 0.416 e. The second kappa shape index (κ2) is 11.1. The molecule has 5 rings (SSSR count). The van der Waals surface area contributed by atoms with Crippen molar-refractivity contribution in [2.45, 2.75) is 28.6 Å². The summed E-state index contributed by atoms with van der Waals surface area (Å²) in [5, 5.41) is 0.154. The summed E-state index contributed by atoms with van der Waals surface area (Å²) in [6.45, 7) is -0.299. The zero-order valence-electron chi connectivity index (χ0n) is 20.2. The third-order valence-electron chi connectivity index (χ3n) is 6.27. The maximum Gasteiger partial charge on any atom is 0.416 e. The number of aliphatic imine (C=N–C) groups is 1. The van der Waals surface area contributed by atoms with Gasteiger partial charge in [0.05, 0.1) is 17.1 Å². The van der Waals surface area contributed by atoms with Crippen molar-refractivity contribution in [2.75, 3.05) is 6.61 Å². The van der Waals surface area contributed by atoms with Crippen LogP contribution < -0.4 is 5.73 Å². The average Bonchev–Trinajstić information content (AvgIpc) is 3.25. The fourth-order valence-electron chi connectivity index (χ4n) is 4.54. The first-order chi connectivity index (χ1) is 18.8. The van der Waals surface area contributed by atoms with E-state index in [4.69, 9.17) is 22.1 Å². The van der Waals surface area contributed by atoms with Crippen molar-refractivity contribution in [3.63, 3.8) is 0 Å². The highest BCUT2D eigenvalue weighted by Crippen LogP contribution is 2.45. The number of fused-ring (bicyclic) bond motifs is 3. The fourth-order valence-corrected chi connectivity index (χ4v) is 5.80. The van der Waals surface area contributed by atoms with E-state index in [1.54, 1.807) is 0 Å². The predicted molar refractivity (Wildman–Crippen MR) is 143 cm³/mol. The van der Waals surface area contributed by atoms with Crippen LogP contribution in [0.1, 0.15) is 38.7 Å². The molecule has 0 aliphatic heterocycles. The van der Waals surface area contributed by atoms with E-state index in [-0.39, 0.29) is 44.7 Å². The number of rotatable bonds is 7. The minimum absolute atomic E-state index is 0.0228. The van der Waals surface area contributed by atoms with Gasteiger partial charge in [0.15, 0.2) is 6.29 Å². The lowest BCUT2D eigenvalue weighted by atomic mass is 9.98. The number of hydrogen-bond donors (Lipinski definition) is 1. The molecule has 11 heteroatoms. The number of amidine groups is 1. The molecule has 1 aliphatic rings. The fraction of sp³-hybridized carbons (Fsp3) is 0.143. The molecule has 39 heavy (non-hydrogen) atoms. The van der Waals surface area contributed by atoms with Crippen LogP contribution in [0.25, 0.3) is 11.1 Å². The number of nitrogens with zero attached hydrogens (tertiary/aromatic N) is 3. The van der Waals surface area contributed by atoms with Gasteiger partial charge < -0.3 is 10.5 Å². The van der Waals surface area contributed by atoms with E-state index in [0.29, 0.717) is 6.29 Å². The monoisotopic (exact) mass is 568 g/mol. The van der Waals surface area contributed by atoms with Crippen molar-refractivity contribution >= 4 is 35.7 Å². The first kappa shape index (κ1) is 26.7. The van der Waals surface area contributed by atoms with Gasteiger partial charge in [-0.3, -0.25) is 4.79 Å². The molecule has 0 saturated carbocycles. The number of aromatic nitrogens is 2. The second-order valence-electron chi connectivity index (χ2n) is 8.56. The summed E-state index contributed by atoms with van der Waals surface area (Å²) in [7, 11) is 0. The molecule has 0 amide bonds. The number of ether oxygens (including phenoxy) is 1. The van der Waals surface area contributed by atoms with Crippen LogP contribution in [0.4, 0.5) is 13.2 Å². The Labute approximate surface area is 231 Å². The van der Waals surface area contributed by atoms with Crippen molar-refractivity contribution in [3.05, 3.63) is 106 Å². The maximum absolute atomic E-state index is 14.0. The Morgan fingerprint density at radius 1 is 1.03 bits per heavy atom. The zero-order chi connectivity index (χ0) is 27.6. The van der Waals surface area contributed by atoms with Crippen LogP contribution >= 0.6 is 23.4 Å². The summed E-state index contributed by atoms with van der Waals surface area (Å²) in [5.41, 5.74) is 9.22. The molecule has 0 saturated heterocycles. The topological polar surface area (TPSA) is 90.5 Å². The molecule has 1 heterocycles. The van der Waals surface area contributed by atoms with Gasteiger partial charge in [0.1, 0.15) is 17.3 Å². The molecule has 4 aromatic rings. The Balaban J connectivity index is 1.42. The Morgan fingerprint density at radius 2 is 1.67 bits per heavy atom. The highest BCUT2D eigenvalue weighted by molar-refractivity contribution is 7.99. The molecule has 3 aromatic carbocycles. The number of benzene rings is 3. The lowest BCUT2D eigenvalue weighted by Gasteiger charge is -2.17. The van der Waals surface area contributed by atoms with Crippen molar-refractivity contribution < 1.29 is 22.7 Å². The molecular formula is C28H20ClF3N4O2S. The summed E-state index contributed by atoms with van der Waals surface area (Å²) in [5.74, 6) is -0.104. The third-order valence-corrected chi connectivity index (χ3v) is 7.88. The third kappa shape index (κ3) is 5.48. The molecule has 0 radical (unpaired) electrons. The molecule has 0 unspecified atom stereocenters. The zero-order valence-corrected chi connectivity index (χ0v) is 21.7. The predicted octanol–water partition coefficient (Wildman–Crippen LogP) is 6.76. The Hall–Kier alpha value is -3.89. The van der Waals surface area contributed by atoms with Gasteiger partial charge in [-0.15, -0.1) is 0 Å². The Morgan fingerprint density at radius 3 is 2.31 bits per heavy atom. The largest absolute Gasteiger partial charge is 0.464 e. The molecule has 1 aromatic heterocycles. The Bertz CT molecular complexity index is 1530. The highest BCUT2D eigenvalue weighted by Gasteiger charge is 2.35. The normalized spacial score (nSPS) is 13.2. The molecule has 2 N–H and O–H groups in total. The number of halogens is 4. The lowest BCUT2D eigenvalue weighted by molar-refractivity contribution is -0.138. The summed E-state index contributed by atoms with van der Waals surface area (Å²) >= 11 is 7.12. The van der Waals surface area contributed by atoms with Gasteiger partial charge in [-0.05, 0) is 34.4 Å². The van der Waals surface area contributed by atoms with Crippen LogP contribution in [-0.2, 0) is 17.5 Å². The first-order valence-corrected chi connectivity index (χ1v) is 12.9. The van der Waals surface area contributed by atoms with E-state index >= 15 is 0 Å². The number of aldehydes is 1. The van der Waals surface area contributed by atoms with Crippen LogP contribution in [0.2, 0.25) is 5.02 Å². The van der Waals surface area contributed by atoms with Gasteiger partial charge in [-0.25, -0.2) is 15.0 Å². The van der Waals surface area contributed by atoms with Crippen molar-refractivity contribution in [2.24, 2.45) is 10.7 Å². The number of carbonyl (C=O) groups excluding carboxylic acids is 1. The number of nitrogens with two attached hydrogens (primary N) is 1. The van der Waals surface area contributed by atoms with Gasteiger partial charge >= 0.3 is 6.18 Å². The summed E-state index contributed by atoms with van der Waals surface area (Å²) < 4.78 is 47.6. The van der Waals surface area contributed by atoms with E-state index in [1.807, 2.05) is 48.5 Å². The average molecular weight is 569 g/mol. The van der Waals surface area contributed by atoms with E-state index in [9.17, 15) is 18.0 Å². The van der Waals surface area contributed by atoms with Gasteiger partial charge in [-0.2, -0.15) is 13.2 Å². The number of hydrogen-bond acceptors (Lipinski definition) is 6. The molecule has 0 fully saturated rings. The molecule has 198 valence electrons. The minimum Gasteiger partial charge on any atom is -0.464 e. The van der Waals surface area contributed by atoms with E-state index in [1.165, 1.54) is 12.4 Å². The molecule has 1 aliphatic carbocycles. The summed E-state index contributed by atoms with van der Waals surface area (Å²) in [6.07, 6.45) is -1.57. The van der Waals surface area contributed by atoms with Gasteiger partial charge in [0, 0.05) is 28.8 Å². The Kier molecular flexibility index (Phi) is 7.58. The van der Waals surface area contributed by atoms with E-state index < -0.39 is 18.3 Å². The SMILES string of the molecule is NC(=NCc1c(C(F)(F)F)ccc(Cl)c1Sc1nccnc1C=O)OCC1c2ccccc2-c2ccccc21. The van der Waals surface area contributed by atoms with Crippen LogP contribution in [0.15, 0.2) is 88.0 Å². The van der Waals surface area contributed by atoms with Crippen LogP contribution in [0.3, 0.4) is 0 Å². The van der Waals surface area contributed by atoms with E-state index in [2.05, 4.69) is 15.0 Å². The van der Waals surface area contributed by atoms with Crippen LogP contribution in [0, 0.1) is 0 Å². The van der Waals surface area contributed by atoms with Crippen LogP contribution in [0.5, 0.6) is 0 Å². The minimum atomic E-state index is -4.69. The van der Waals surface area contributed by atoms with Gasteiger partial charge in [0.25, 0.3) is 6.02 Å². The van der Waals surface area contributed by atoms with Crippen molar-refractivity contribution in [3.8, 4) is 11.1 Å². The number of alkyl halides is 3. The van der Waals surface area contributed by atoms with Gasteiger partial charge in [-0.1, -0.05) is 71.9 Å². The summed E-state index contributed by atoms with van der Waals surface area (Å²) in [6, 6.07) is 17.7. The standard InChI is InChI=1S/C28H20ClF3N4O2S/c29-23-10-9-22(28(30,31)32)20(25(23)39-26-24(14-37)34-11-12-35-26)13-36-27(33)38-15-21-18-7-3-1-5-16(18)17-6-2-4-8-19(17)21/h1-12,14,21H,13,15H2,(H2,33,36). The van der Waals surface area contributed by atoms with Crippen molar-refractivity contribution in [1.82, 2.24) is 9.97 Å². The van der Waals surface area contributed by atoms with E-state index in [0.717, 1.165) is 46.1 Å². The molecule has 0 atom stereocenters. The van der Waals surface area contributed by atoms with Gasteiger partial charge in [0.2, 0.25) is 0 Å². The quantitative estimate of drug-likeness (QED) is 0.151. The highest BCUT2D eigenvalue weighted by atomic mass is 35.5. The molecule has 0 spiro atoms. The maximum atomic E-state index is 14.0. The van der Waals surface area contributed by atoms with Crippen LogP contribution in [-0.4, -0.2) is 28.9 Å². The number of carbonyl (C=O) groups is 1. The molecule has 6 nitrogen and oxygen atoms in total. The molecular weight excluding hydrogens is 549 g/mol. The first-order valence-electron chi connectivity index (χ1n) is 11.7. The summed E-state index contributed by atoms with van der Waals surface area (Å²) in [4.78, 5) is 23.5.